The third kappa shape index (κ3) is 3.67. The van der Waals surface area contributed by atoms with Gasteiger partial charge in [-0.25, -0.2) is 0 Å². The molecule has 22 heavy (non-hydrogen) atoms. The number of aliphatic carboxylic acids is 1. The highest BCUT2D eigenvalue weighted by Crippen LogP contribution is 2.30. The number of carbonyl (C=O) groups is 2. The van der Waals surface area contributed by atoms with Crippen LogP contribution in [0.2, 0.25) is 0 Å². The summed E-state index contributed by atoms with van der Waals surface area (Å²) in [5.41, 5.74) is 1.16. The molecule has 1 N–H and O–H groups in total. The first-order valence-electron chi connectivity index (χ1n) is 7.87. The SMILES string of the molecule is C[C@@H]1CN(C(=O)CCC(C)(C)c2ccccc2)C[C@H]1C(=O)O. The summed E-state index contributed by atoms with van der Waals surface area (Å²) in [4.78, 5) is 25.2. The van der Waals surface area contributed by atoms with Crippen molar-refractivity contribution in [2.45, 2.75) is 39.0 Å². The number of hydrogen-bond donors (Lipinski definition) is 1. The van der Waals surface area contributed by atoms with Gasteiger partial charge in [0, 0.05) is 19.5 Å². The normalized spacial score (nSPS) is 21.9. The van der Waals surface area contributed by atoms with Gasteiger partial charge in [0.25, 0.3) is 0 Å². The average molecular weight is 303 g/mol. The van der Waals surface area contributed by atoms with E-state index in [4.69, 9.17) is 5.11 Å². The maximum atomic E-state index is 12.4. The van der Waals surface area contributed by atoms with E-state index in [1.54, 1.807) is 4.90 Å². The van der Waals surface area contributed by atoms with Crippen LogP contribution in [0.4, 0.5) is 0 Å². The fourth-order valence-corrected chi connectivity index (χ4v) is 3.10. The van der Waals surface area contributed by atoms with Crippen molar-refractivity contribution in [2.75, 3.05) is 13.1 Å². The highest BCUT2D eigenvalue weighted by molar-refractivity contribution is 5.79. The molecule has 1 aromatic rings. The van der Waals surface area contributed by atoms with Gasteiger partial charge < -0.3 is 10.0 Å². The van der Waals surface area contributed by atoms with E-state index in [9.17, 15) is 9.59 Å². The molecule has 2 rings (SSSR count). The number of nitrogens with zero attached hydrogens (tertiary/aromatic N) is 1. The fraction of sp³-hybridized carbons (Fsp3) is 0.556. The Balaban J connectivity index is 1.92. The zero-order chi connectivity index (χ0) is 16.3. The number of carboxylic acids is 1. The highest BCUT2D eigenvalue weighted by Gasteiger charge is 2.37. The third-order valence-electron chi connectivity index (χ3n) is 4.80. The molecule has 4 nitrogen and oxygen atoms in total. The van der Waals surface area contributed by atoms with Crippen LogP contribution in [0.5, 0.6) is 0 Å². The molecule has 0 spiro atoms. The summed E-state index contributed by atoms with van der Waals surface area (Å²) in [6.07, 6.45) is 1.22. The zero-order valence-corrected chi connectivity index (χ0v) is 13.6. The van der Waals surface area contributed by atoms with Crippen molar-refractivity contribution in [3.8, 4) is 0 Å². The molecule has 120 valence electrons. The van der Waals surface area contributed by atoms with E-state index in [2.05, 4.69) is 26.0 Å². The van der Waals surface area contributed by atoms with Gasteiger partial charge in [-0.05, 0) is 23.3 Å². The van der Waals surface area contributed by atoms with Gasteiger partial charge in [-0.2, -0.15) is 0 Å². The molecule has 0 aliphatic carbocycles. The van der Waals surface area contributed by atoms with Gasteiger partial charge in [-0.3, -0.25) is 9.59 Å². The Morgan fingerprint density at radius 1 is 1.23 bits per heavy atom. The highest BCUT2D eigenvalue weighted by atomic mass is 16.4. The minimum atomic E-state index is -0.799. The summed E-state index contributed by atoms with van der Waals surface area (Å²) in [5, 5.41) is 9.15. The topological polar surface area (TPSA) is 57.6 Å². The Kier molecular flexibility index (Phi) is 4.89. The van der Waals surface area contributed by atoms with E-state index in [1.807, 2.05) is 25.1 Å². The number of carboxylic acid groups (broad SMARTS) is 1. The molecular formula is C18H25NO3. The lowest BCUT2D eigenvalue weighted by Crippen LogP contribution is -2.31. The summed E-state index contributed by atoms with van der Waals surface area (Å²) in [6.45, 7) is 7.09. The zero-order valence-electron chi connectivity index (χ0n) is 13.6. The van der Waals surface area contributed by atoms with Crippen molar-refractivity contribution in [1.82, 2.24) is 4.90 Å². The van der Waals surface area contributed by atoms with E-state index in [-0.39, 0.29) is 17.2 Å². The second-order valence-corrected chi connectivity index (χ2v) is 6.97. The Labute approximate surface area is 132 Å². The molecule has 1 saturated heterocycles. The lowest BCUT2D eigenvalue weighted by molar-refractivity contribution is -0.142. The van der Waals surface area contributed by atoms with Crippen LogP contribution in [0.1, 0.15) is 39.2 Å². The molecule has 1 heterocycles. The van der Waals surface area contributed by atoms with Crippen LogP contribution >= 0.6 is 0 Å². The van der Waals surface area contributed by atoms with Gasteiger partial charge in [-0.1, -0.05) is 51.1 Å². The Morgan fingerprint density at radius 3 is 2.41 bits per heavy atom. The first-order valence-corrected chi connectivity index (χ1v) is 7.87. The van der Waals surface area contributed by atoms with Gasteiger partial charge in [0.2, 0.25) is 5.91 Å². The summed E-state index contributed by atoms with van der Waals surface area (Å²) in [5.74, 6) is -1.12. The Morgan fingerprint density at radius 2 is 1.86 bits per heavy atom. The maximum Gasteiger partial charge on any atom is 0.308 e. The first kappa shape index (κ1) is 16.5. The van der Waals surface area contributed by atoms with E-state index >= 15 is 0 Å². The molecule has 0 unspecified atom stereocenters. The molecular weight excluding hydrogens is 278 g/mol. The van der Waals surface area contributed by atoms with Gasteiger partial charge in [0.15, 0.2) is 0 Å². The maximum absolute atomic E-state index is 12.4. The van der Waals surface area contributed by atoms with Gasteiger partial charge >= 0.3 is 5.97 Å². The second-order valence-electron chi connectivity index (χ2n) is 6.97. The molecule has 4 heteroatoms. The van der Waals surface area contributed by atoms with Crippen LogP contribution in [0.3, 0.4) is 0 Å². The molecule has 2 atom stereocenters. The largest absolute Gasteiger partial charge is 0.481 e. The smallest absolute Gasteiger partial charge is 0.308 e. The average Bonchev–Trinajstić information content (AvgIpc) is 2.88. The summed E-state index contributed by atoms with van der Waals surface area (Å²) in [6, 6.07) is 10.2. The van der Waals surface area contributed by atoms with Crippen molar-refractivity contribution in [1.29, 1.82) is 0 Å². The van der Waals surface area contributed by atoms with Gasteiger partial charge in [0.05, 0.1) is 5.92 Å². The minimum Gasteiger partial charge on any atom is -0.481 e. The molecule has 1 amide bonds. The molecule has 0 bridgehead atoms. The lowest BCUT2D eigenvalue weighted by Gasteiger charge is -2.26. The van der Waals surface area contributed by atoms with Crippen LogP contribution in [-0.4, -0.2) is 35.0 Å². The monoisotopic (exact) mass is 303 g/mol. The van der Waals surface area contributed by atoms with E-state index < -0.39 is 11.9 Å². The predicted molar refractivity (Wildman–Crippen MR) is 85.6 cm³/mol. The molecule has 1 aromatic carbocycles. The summed E-state index contributed by atoms with van der Waals surface area (Å²) < 4.78 is 0. The first-order chi connectivity index (χ1) is 10.3. The summed E-state index contributed by atoms with van der Waals surface area (Å²) >= 11 is 0. The lowest BCUT2D eigenvalue weighted by atomic mass is 9.80. The third-order valence-corrected chi connectivity index (χ3v) is 4.80. The minimum absolute atomic E-state index is 0.0311. The number of rotatable bonds is 5. The molecule has 1 aliphatic rings. The number of carbonyl (C=O) groups excluding carboxylic acids is 1. The number of likely N-dealkylation sites (tertiary alicyclic amines) is 1. The predicted octanol–water partition coefficient (Wildman–Crippen LogP) is 2.92. The van der Waals surface area contributed by atoms with E-state index in [0.717, 1.165) is 6.42 Å². The van der Waals surface area contributed by atoms with E-state index in [0.29, 0.717) is 19.5 Å². The van der Waals surface area contributed by atoms with Crippen LogP contribution < -0.4 is 0 Å². The Hall–Kier alpha value is -1.84. The van der Waals surface area contributed by atoms with Crippen LogP contribution in [-0.2, 0) is 15.0 Å². The number of hydrogen-bond acceptors (Lipinski definition) is 2. The quantitative estimate of drug-likeness (QED) is 0.910. The van der Waals surface area contributed by atoms with Crippen LogP contribution in [0.25, 0.3) is 0 Å². The van der Waals surface area contributed by atoms with Crippen LogP contribution in [0, 0.1) is 11.8 Å². The Bertz CT molecular complexity index is 539. The molecule has 0 radical (unpaired) electrons. The standard InChI is InChI=1S/C18H25NO3/c1-13-11-19(12-15(13)17(21)22)16(20)9-10-18(2,3)14-7-5-4-6-8-14/h4-8,13,15H,9-12H2,1-3H3,(H,21,22)/t13-,15-/m1/s1. The molecule has 1 fully saturated rings. The fourth-order valence-electron chi connectivity index (χ4n) is 3.10. The summed E-state index contributed by atoms with van der Waals surface area (Å²) in [7, 11) is 0. The number of amides is 1. The second kappa shape index (κ2) is 6.51. The van der Waals surface area contributed by atoms with Crippen molar-refractivity contribution in [3.63, 3.8) is 0 Å². The number of benzene rings is 1. The van der Waals surface area contributed by atoms with Crippen LogP contribution in [0.15, 0.2) is 30.3 Å². The van der Waals surface area contributed by atoms with Gasteiger partial charge in [-0.15, -0.1) is 0 Å². The van der Waals surface area contributed by atoms with Gasteiger partial charge in [0.1, 0.15) is 0 Å². The van der Waals surface area contributed by atoms with Crippen molar-refractivity contribution >= 4 is 11.9 Å². The molecule has 1 aliphatic heterocycles. The van der Waals surface area contributed by atoms with E-state index in [1.165, 1.54) is 5.56 Å². The van der Waals surface area contributed by atoms with Crippen molar-refractivity contribution < 1.29 is 14.7 Å². The van der Waals surface area contributed by atoms with Crippen molar-refractivity contribution in [3.05, 3.63) is 35.9 Å². The van der Waals surface area contributed by atoms with Crippen molar-refractivity contribution in [2.24, 2.45) is 11.8 Å². The molecule has 0 saturated carbocycles. The molecule has 0 aromatic heterocycles.